The molecule has 100 valence electrons. The van der Waals surface area contributed by atoms with Crippen molar-refractivity contribution in [2.45, 2.75) is 38.6 Å². The quantitative estimate of drug-likeness (QED) is 0.866. The van der Waals surface area contributed by atoms with E-state index < -0.39 is 0 Å². The molecule has 1 aliphatic carbocycles. The van der Waals surface area contributed by atoms with Crippen molar-refractivity contribution in [3.8, 4) is 0 Å². The minimum Gasteiger partial charge on any atom is -0.394 e. The van der Waals surface area contributed by atoms with Gasteiger partial charge in [0.25, 0.3) is 0 Å². The Hall–Kier alpha value is -0.730. The summed E-state index contributed by atoms with van der Waals surface area (Å²) in [4.78, 5) is 0. The van der Waals surface area contributed by atoms with Gasteiger partial charge in [0.2, 0.25) is 0 Å². The van der Waals surface area contributed by atoms with Gasteiger partial charge in [0.1, 0.15) is 0 Å². The Morgan fingerprint density at radius 1 is 1.28 bits per heavy atom. The van der Waals surface area contributed by atoms with E-state index in [1.54, 1.807) is 0 Å². The molecule has 2 nitrogen and oxygen atoms in total. The number of nitrogens with one attached hydrogen (secondary N) is 1. The topological polar surface area (TPSA) is 32.3 Å². The molecular weight excluding hydrogens is 246 g/mol. The second-order valence-corrected chi connectivity index (χ2v) is 5.84. The van der Waals surface area contributed by atoms with Crippen molar-refractivity contribution in [2.75, 3.05) is 11.9 Å². The first-order valence-corrected chi connectivity index (χ1v) is 7.20. The second kappa shape index (κ2) is 6.44. The molecule has 1 aromatic rings. The largest absolute Gasteiger partial charge is 0.394 e. The standard InChI is InChI=1S/C15H22ClNO/c1-11-6-8-12(9-7-11)15(10-18)17-14-5-3-2-4-13(14)16/h2-5,11-12,15,17-18H,6-10H2,1H3. The molecule has 1 aliphatic rings. The van der Waals surface area contributed by atoms with Gasteiger partial charge in [-0.25, -0.2) is 0 Å². The summed E-state index contributed by atoms with van der Waals surface area (Å²) in [5.41, 5.74) is 0.928. The second-order valence-electron chi connectivity index (χ2n) is 5.43. The van der Waals surface area contributed by atoms with Gasteiger partial charge in [-0.2, -0.15) is 0 Å². The Balaban J connectivity index is 1.99. The van der Waals surface area contributed by atoms with Crippen LogP contribution < -0.4 is 5.32 Å². The number of hydrogen-bond acceptors (Lipinski definition) is 2. The molecule has 0 heterocycles. The summed E-state index contributed by atoms with van der Waals surface area (Å²) in [5, 5.41) is 13.7. The van der Waals surface area contributed by atoms with Crippen LogP contribution >= 0.6 is 11.6 Å². The van der Waals surface area contributed by atoms with Crippen molar-refractivity contribution < 1.29 is 5.11 Å². The van der Waals surface area contributed by atoms with E-state index >= 15 is 0 Å². The van der Waals surface area contributed by atoms with E-state index in [1.165, 1.54) is 25.7 Å². The van der Waals surface area contributed by atoms with Crippen molar-refractivity contribution in [2.24, 2.45) is 11.8 Å². The number of hydrogen-bond donors (Lipinski definition) is 2. The highest BCUT2D eigenvalue weighted by Crippen LogP contribution is 2.32. The van der Waals surface area contributed by atoms with Gasteiger partial charge in [-0.3, -0.25) is 0 Å². The molecule has 2 N–H and O–H groups in total. The summed E-state index contributed by atoms with van der Waals surface area (Å²) in [5.74, 6) is 1.39. The van der Waals surface area contributed by atoms with Crippen LogP contribution in [-0.4, -0.2) is 17.8 Å². The number of rotatable bonds is 4. The van der Waals surface area contributed by atoms with Gasteiger partial charge in [-0.15, -0.1) is 0 Å². The van der Waals surface area contributed by atoms with Gasteiger partial charge < -0.3 is 10.4 Å². The molecule has 0 spiro atoms. The van der Waals surface area contributed by atoms with E-state index in [0.717, 1.165) is 16.6 Å². The van der Waals surface area contributed by atoms with Crippen LogP contribution in [0.5, 0.6) is 0 Å². The van der Waals surface area contributed by atoms with Crippen LogP contribution in [-0.2, 0) is 0 Å². The molecule has 1 aromatic carbocycles. The van der Waals surface area contributed by atoms with Gasteiger partial charge in [-0.05, 0) is 36.8 Å². The van der Waals surface area contributed by atoms with Gasteiger partial charge in [-0.1, -0.05) is 43.5 Å². The Kier molecular flexibility index (Phi) is 4.90. The summed E-state index contributed by atoms with van der Waals surface area (Å²) in [6.07, 6.45) is 4.93. The molecule has 0 bridgehead atoms. The number of aliphatic hydroxyl groups excluding tert-OH is 1. The number of para-hydroxylation sites is 1. The van der Waals surface area contributed by atoms with Crippen molar-refractivity contribution in [3.05, 3.63) is 29.3 Å². The summed E-state index contributed by atoms with van der Waals surface area (Å²) in [6, 6.07) is 7.85. The first-order valence-electron chi connectivity index (χ1n) is 6.82. The lowest BCUT2D eigenvalue weighted by Crippen LogP contribution is -2.35. The Morgan fingerprint density at radius 2 is 1.94 bits per heavy atom. The lowest BCUT2D eigenvalue weighted by Gasteiger charge is -2.33. The summed E-state index contributed by atoms with van der Waals surface area (Å²) >= 11 is 6.14. The van der Waals surface area contributed by atoms with Crippen LogP contribution in [0.15, 0.2) is 24.3 Å². The third-order valence-electron chi connectivity index (χ3n) is 4.04. The Labute approximate surface area is 114 Å². The van der Waals surface area contributed by atoms with E-state index in [1.807, 2.05) is 24.3 Å². The fourth-order valence-corrected chi connectivity index (χ4v) is 2.97. The minimum atomic E-state index is 0.123. The van der Waals surface area contributed by atoms with Crippen molar-refractivity contribution >= 4 is 17.3 Å². The van der Waals surface area contributed by atoms with E-state index in [-0.39, 0.29) is 12.6 Å². The minimum absolute atomic E-state index is 0.123. The molecule has 1 atom stereocenters. The normalized spacial score (nSPS) is 25.7. The van der Waals surface area contributed by atoms with Crippen LogP contribution in [0, 0.1) is 11.8 Å². The average molecular weight is 268 g/mol. The molecule has 0 amide bonds. The van der Waals surface area contributed by atoms with Crippen molar-refractivity contribution in [1.82, 2.24) is 0 Å². The third kappa shape index (κ3) is 3.39. The fraction of sp³-hybridized carbons (Fsp3) is 0.600. The Bertz CT molecular complexity index is 375. The predicted molar refractivity (Wildman–Crippen MR) is 77.1 cm³/mol. The van der Waals surface area contributed by atoms with Crippen molar-refractivity contribution in [1.29, 1.82) is 0 Å². The molecule has 1 unspecified atom stereocenters. The van der Waals surface area contributed by atoms with E-state index in [0.29, 0.717) is 5.92 Å². The maximum absolute atomic E-state index is 9.59. The number of anilines is 1. The zero-order valence-electron chi connectivity index (χ0n) is 10.9. The average Bonchev–Trinajstić information content (AvgIpc) is 2.39. The first kappa shape index (κ1) is 13.7. The van der Waals surface area contributed by atoms with Gasteiger partial charge in [0.15, 0.2) is 0 Å². The summed E-state index contributed by atoms with van der Waals surface area (Å²) in [7, 11) is 0. The lowest BCUT2D eigenvalue weighted by molar-refractivity contribution is 0.193. The lowest BCUT2D eigenvalue weighted by atomic mass is 9.79. The fourth-order valence-electron chi connectivity index (χ4n) is 2.78. The van der Waals surface area contributed by atoms with Crippen LogP contribution in [0.25, 0.3) is 0 Å². The highest BCUT2D eigenvalue weighted by atomic mass is 35.5. The third-order valence-corrected chi connectivity index (χ3v) is 4.37. The smallest absolute Gasteiger partial charge is 0.0637 e. The monoisotopic (exact) mass is 267 g/mol. The number of benzene rings is 1. The van der Waals surface area contributed by atoms with Crippen LogP contribution in [0.1, 0.15) is 32.6 Å². The van der Waals surface area contributed by atoms with Gasteiger partial charge in [0, 0.05) is 0 Å². The Morgan fingerprint density at radius 3 is 2.56 bits per heavy atom. The first-order chi connectivity index (χ1) is 8.70. The molecule has 0 aliphatic heterocycles. The highest BCUT2D eigenvalue weighted by molar-refractivity contribution is 6.33. The van der Waals surface area contributed by atoms with Crippen LogP contribution in [0.2, 0.25) is 5.02 Å². The zero-order valence-corrected chi connectivity index (χ0v) is 11.7. The van der Waals surface area contributed by atoms with E-state index in [4.69, 9.17) is 11.6 Å². The van der Waals surface area contributed by atoms with Gasteiger partial charge in [0.05, 0.1) is 23.4 Å². The SMILES string of the molecule is CC1CCC(C(CO)Nc2ccccc2Cl)CC1. The van der Waals surface area contributed by atoms with Crippen molar-refractivity contribution in [3.63, 3.8) is 0 Å². The molecular formula is C15H22ClNO. The molecule has 1 fully saturated rings. The summed E-state index contributed by atoms with van der Waals surface area (Å²) in [6.45, 7) is 2.48. The molecule has 0 aromatic heterocycles. The number of halogens is 1. The van der Waals surface area contributed by atoms with E-state index in [9.17, 15) is 5.11 Å². The molecule has 18 heavy (non-hydrogen) atoms. The summed E-state index contributed by atoms with van der Waals surface area (Å²) < 4.78 is 0. The zero-order chi connectivity index (χ0) is 13.0. The van der Waals surface area contributed by atoms with Crippen LogP contribution in [0.3, 0.4) is 0 Å². The molecule has 1 saturated carbocycles. The highest BCUT2D eigenvalue weighted by Gasteiger charge is 2.25. The molecule has 2 rings (SSSR count). The van der Waals surface area contributed by atoms with E-state index in [2.05, 4.69) is 12.2 Å². The van der Waals surface area contributed by atoms with Gasteiger partial charge >= 0.3 is 0 Å². The molecule has 0 radical (unpaired) electrons. The van der Waals surface area contributed by atoms with Crippen LogP contribution in [0.4, 0.5) is 5.69 Å². The maximum atomic E-state index is 9.59. The maximum Gasteiger partial charge on any atom is 0.0637 e. The molecule has 0 saturated heterocycles. The molecule has 3 heteroatoms. The predicted octanol–water partition coefficient (Wildman–Crippen LogP) is 3.94. The number of aliphatic hydroxyl groups is 1.